The summed E-state index contributed by atoms with van der Waals surface area (Å²) in [6, 6.07) is 8.95. The van der Waals surface area contributed by atoms with Gasteiger partial charge >= 0.3 is 0 Å². The molecule has 0 aromatic carbocycles. The number of halogens is 1. The van der Waals surface area contributed by atoms with Crippen molar-refractivity contribution in [2.75, 3.05) is 6.61 Å². The number of nitrogens with zero attached hydrogens (tertiary/aromatic N) is 1. The van der Waals surface area contributed by atoms with Crippen LogP contribution >= 0.6 is 22.9 Å². The molecule has 1 saturated heterocycles. The van der Waals surface area contributed by atoms with Gasteiger partial charge in [0.25, 0.3) is 0 Å². The molecule has 1 spiro atoms. The first-order valence-electron chi connectivity index (χ1n) is 8.18. The molecular formula is C18H21ClN2OS. The van der Waals surface area contributed by atoms with E-state index in [9.17, 15) is 0 Å². The molecule has 122 valence electrons. The van der Waals surface area contributed by atoms with E-state index in [4.69, 9.17) is 21.3 Å². The molecule has 1 fully saturated rings. The molecule has 3 atom stereocenters. The summed E-state index contributed by atoms with van der Waals surface area (Å²) in [5.74, 6) is 0. The van der Waals surface area contributed by atoms with Crippen LogP contribution in [-0.2, 0) is 16.8 Å². The molecule has 3 nitrogen and oxygen atoms in total. The first-order chi connectivity index (χ1) is 11.1. The Morgan fingerprint density at radius 2 is 2.26 bits per heavy atom. The highest BCUT2D eigenvalue weighted by atomic mass is 35.5. The van der Waals surface area contributed by atoms with Crippen molar-refractivity contribution >= 4 is 22.9 Å². The van der Waals surface area contributed by atoms with Crippen LogP contribution in [-0.4, -0.2) is 17.6 Å². The summed E-state index contributed by atoms with van der Waals surface area (Å²) in [6.07, 6.45) is 2.87. The van der Waals surface area contributed by atoms with Crippen molar-refractivity contribution in [2.45, 2.75) is 50.8 Å². The summed E-state index contributed by atoms with van der Waals surface area (Å²) in [4.78, 5) is 6.06. The van der Waals surface area contributed by atoms with Crippen molar-refractivity contribution < 1.29 is 4.74 Å². The van der Waals surface area contributed by atoms with Crippen LogP contribution in [0.3, 0.4) is 0 Å². The molecule has 4 rings (SSSR count). The number of aryl methyl sites for hydroxylation is 1. The van der Waals surface area contributed by atoms with Crippen molar-refractivity contribution in [3.8, 4) is 0 Å². The molecule has 0 aliphatic carbocycles. The summed E-state index contributed by atoms with van der Waals surface area (Å²) < 4.78 is 7.25. The summed E-state index contributed by atoms with van der Waals surface area (Å²) in [5, 5.41) is 3.70. The highest BCUT2D eigenvalue weighted by Crippen LogP contribution is 2.49. The van der Waals surface area contributed by atoms with Crippen LogP contribution in [0.15, 0.2) is 24.3 Å². The molecule has 0 amide bonds. The number of hydrogen-bond acceptors (Lipinski definition) is 4. The predicted molar refractivity (Wildman–Crippen MR) is 94.2 cm³/mol. The molecule has 2 aliphatic heterocycles. The van der Waals surface area contributed by atoms with Crippen molar-refractivity contribution in [1.29, 1.82) is 0 Å². The van der Waals surface area contributed by atoms with Crippen molar-refractivity contribution in [3.05, 3.63) is 50.4 Å². The zero-order valence-corrected chi connectivity index (χ0v) is 15.0. The molecule has 2 aromatic rings. The highest BCUT2D eigenvalue weighted by Gasteiger charge is 2.46. The average molecular weight is 349 g/mol. The second-order valence-electron chi connectivity index (χ2n) is 6.73. The van der Waals surface area contributed by atoms with Crippen LogP contribution in [0.5, 0.6) is 0 Å². The maximum absolute atomic E-state index is 6.38. The molecule has 4 heterocycles. The van der Waals surface area contributed by atoms with Crippen LogP contribution in [0.25, 0.3) is 0 Å². The van der Waals surface area contributed by atoms with Crippen molar-refractivity contribution in [3.63, 3.8) is 0 Å². The van der Waals surface area contributed by atoms with Crippen LogP contribution in [0.1, 0.15) is 47.6 Å². The van der Waals surface area contributed by atoms with Gasteiger partial charge in [-0.3, -0.25) is 4.98 Å². The lowest BCUT2D eigenvalue weighted by Gasteiger charge is -2.46. The fraction of sp³-hybridized carbons (Fsp3) is 0.500. The van der Waals surface area contributed by atoms with E-state index >= 15 is 0 Å². The van der Waals surface area contributed by atoms with Crippen LogP contribution in [0.4, 0.5) is 0 Å². The molecule has 23 heavy (non-hydrogen) atoms. The lowest BCUT2D eigenvalue weighted by atomic mass is 9.79. The lowest BCUT2D eigenvalue weighted by Crippen LogP contribution is -2.49. The fourth-order valence-corrected chi connectivity index (χ4v) is 5.47. The Kier molecular flexibility index (Phi) is 3.96. The molecule has 0 radical (unpaired) electrons. The minimum atomic E-state index is -0.216. The Hall–Kier alpha value is -0.940. The number of pyridine rings is 1. The molecular weight excluding hydrogens is 328 g/mol. The quantitative estimate of drug-likeness (QED) is 0.830. The zero-order chi connectivity index (χ0) is 16.0. The lowest BCUT2D eigenvalue weighted by molar-refractivity contribution is -0.0957. The number of ether oxygens (including phenoxy) is 1. The normalized spacial score (nSPS) is 30.4. The number of piperidine rings is 1. The summed E-state index contributed by atoms with van der Waals surface area (Å²) in [5.41, 5.74) is 3.32. The third-order valence-electron chi connectivity index (χ3n) is 4.86. The van der Waals surface area contributed by atoms with E-state index in [1.807, 2.05) is 13.0 Å². The van der Waals surface area contributed by atoms with Gasteiger partial charge in [0.2, 0.25) is 0 Å². The highest BCUT2D eigenvalue weighted by molar-refractivity contribution is 7.16. The maximum Gasteiger partial charge on any atom is 0.106 e. The first-order valence-corrected chi connectivity index (χ1v) is 9.37. The molecule has 0 saturated carbocycles. The van der Waals surface area contributed by atoms with E-state index in [0.29, 0.717) is 6.04 Å². The maximum atomic E-state index is 6.38. The topological polar surface area (TPSA) is 34.1 Å². The van der Waals surface area contributed by atoms with Crippen LogP contribution in [0, 0.1) is 6.92 Å². The molecule has 0 unspecified atom stereocenters. The third-order valence-corrected chi connectivity index (χ3v) is 6.36. The van der Waals surface area contributed by atoms with E-state index in [1.54, 1.807) is 11.3 Å². The molecule has 5 heteroatoms. The van der Waals surface area contributed by atoms with Gasteiger partial charge in [0.1, 0.15) is 5.60 Å². The largest absolute Gasteiger partial charge is 0.369 e. The Labute approximate surface area is 146 Å². The molecule has 0 bridgehead atoms. The molecule has 2 aromatic heterocycles. The number of aromatic nitrogens is 1. The smallest absolute Gasteiger partial charge is 0.106 e. The predicted octanol–water partition coefficient (Wildman–Crippen LogP) is 4.39. The summed E-state index contributed by atoms with van der Waals surface area (Å²) in [7, 11) is 0. The Morgan fingerprint density at radius 1 is 1.39 bits per heavy atom. The number of thiophene rings is 1. The van der Waals surface area contributed by atoms with Gasteiger partial charge in [0, 0.05) is 23.0 Å². The summed E-state index contributed by atoms with van der Waals surface area (Å²) >= 11 is 7.99. The summed E-state index contributed by atoms with van der Waals surface area (Å²) in [6.45, 7) is 5.05. The SMILES string of the molecule is Cc1cccc([C@@H]2C[C@]3(C[C@H](C)N2)OCCc2cc(Cl)sc23)n1. The Morgan fingerprint density at radius 3 is 3.09 bits per heavy atom. The molecule has 1 N–H and O–H groups in total. The van der Waals surface area contributed by atoms with Crippen LogP contribution < -0.4 is 5.32 Å². The van der Waals surface area contributed by atoms with Crippen molar-refractivity contribution in [1.82, 2.24) is 10.3 Å². The Bertz CT molecular complexity index is 732. The van der Waals surface area contributed by atoms with Crippen molar-refractivity contribution in [2.24, 2.45) is 0 Å². The monoisotopic (exact) mass is 348 g/mol. The number of hydrogen-bond donors (Lipinski definition) is 1. The van der Waals surface area contributed by atoms with Gasteiger partial charge in [-0.15, -0.1) is 11.3 Å². The van der Waals surface area contributed by atoms with Gasteiger partial charge in [0.15, 0.2) is 0 Å². The van der Waals surface area contributed by atoms with Gasteiger partial charge in [-0.2, -0.15) is 0 Å². The molecule has 2 aliphatic rings. The van der Waals surface area contributed by atoms with Gasteiger partial charge in [0.05, 0.1) is 22.7 Å². The number of rotatable bonds is 1. The minimum absolute atomic E-state index is 0.213. The van der Waals surface area contributed by atoms with E-state index in [1.165, 1.54) is 10.4 Å². The standard InChI is InChI=1S/C18H21ClN2OS/c1-11-4-3-5-14(20-11)15-10-18(9-12(2)21-15)17-13(6-7-22-18)8-16(19)23-17/h3-5,8,12,15,21H,6-7,9-10H2,1-2H3/t12-,15-,18-/m0/s1. The van der Waals surface area contributed by atoms with Gasteiger partial charge in [-0.05, 0) is 50.5 Å². The Balaban J connectivity index is 1.73. The van der Waals surface area contributed by atoms with Gasteiger partial charge < -0.3 is 10.1 Å². The fourth-order valence-electron chi connectivity index (χ4n) is 4.01. The second kappa shape index (κ2) is 5.85. The van der Waals surface area contributed by atoms with Gasteiger partial charge in [-0.25, -0.2) is 0 Å². The van der Waals surface area contributed by atoms with Gasteiger partial charge in [-0.1, -0.05) is 17.7 Å². The first kappa shape index (κ1) is 15.6. The number of fused-ring (bicyclic) bond motifs is 2. The van der Waals surface area contributed by atoms with E-state index in [0.717, 1.165) is 41.6 Å². The van der Waals surface area contributed by atoms with E-state index in [-0.39, 0.29) is 11.6 Å². The number of nitrogens with one attached hydrogen (secondary N) is 1. The van der Waals surface area contributed by atoms with E-state index in [2.05, 4.69) is 30.4 Å². The third kappa shape index (κ3) is 2.82. The minimum Gasteiger partial charge on any atom is -0.369 e. The van der Waals surface area contributed by atoms with Crippen LogP contribution in [0.2, 0.25) is 4.34 Å². The zero-order valence-electron chi connectivity index (χ0n) is 13.4. The average Bonchev–Trinajstić information content (AvgIpc) is 2.89. The second-order valence-corrected chi connectivity index (χ2v) is 8.41. The van der Waals surface area contributed by atoms with E-state index < -0.39 is 0 Å².